The van der Waals surface area contributed by atoms with Gasteiger partial charge in [0.05, 0.1) is 13.5 Å². The number of carbonyl (C=O) groups is 1. The van der Waals surface area contributed by atoms with Crippen LogP contribution in [0.25, 0.3) is 0 Å². The Hall–Kier alpha value is -2.33. The van der Waals surface area contributed by atoms with Crippen molar-refractivity contribution in [2.75, 3.05) is 20.7 Å². The predicted molar refractivity (Wildman–Crippen MR) is 90.5 cm³/mol. The van der Waals surface area contributed by atoms with Gasteiger partial charge in [-0.3, -0.25) is 4.79 Å². The van der Waals surface area contributed by atoms with Gasteiger partial charge in [-0.1, -0.05) is 42.5 Å². The van der Waals surface area contributed by atoms with Crippen LogP contribution in [-0.4, -0.2) is 26.7 Å². The van der Waals surface area contributed by atoms with Crippen molar-refractivity contribution in [2.24, 2.45) is 0 Å². The molecule has 0 bridgehead atoms. The molecule has 2 rings (SSSR count). The van der Waals surface area contributed by atoms with E-state index in [9.17, 15) is 4.79 Å². The van der Waals surface area contributed by atoms with Gasteiger partial charge in [0.15, 0.2) is 0 Å². The SMILES string of the molecule is CNCC[C@H](Oc1ccc(CC(=O)OC)cc1)c1ccccc1. The summed E-state index contributed by atoms with van der Waals surface area (Å²) in [6.45, 7) is 0.875. The van der Waals surface area contributed by atoms with E-state index in [1.807, 2.05) is 49.5 Å². The quantitative estimate of drug-likeness (QED) is 0.761. The molecule has 4 nitrogen and oxygen atoms in total. The molecule has 0 heterocycles. The third-order valence-electron chi connectivity index (χ3n) is 3.61. The lowest BCUT2D eigenvalue weighted by molar-refractivity contribution is -0.139. The summed E-state index contributed by atoms with van der Waals surface area (Å²) in [5, 5.41) is 3.16. The number of esters is 1. The molecule has 0 aromatic heterocycles. The molecule has 1 atom stereocenters. The first kappa shape index (κ1) is 17.0. The highest BCUT2D eigenvalue weighted by molar-refractivity contribution is 5.72. The van der Waals surface area contributed by atoms with Crippen molar-refractivity contribution < 1.29 is 14.3 Å². The molecule has 0 aliphatic heterocycles. The Morgan fingerprint density at radius 2 is 1.78 bits per heavy atom. The molecule has 122 valence electrons. The van der Waals surface area contributed by atoms with Crippen LogP contribution in [0.1, 0.15) is 23.7 Å². The highest BCUT2D eigenvalue weighted by Crippen LogP contribution is 2.25. The minimum Gasteiger partial charge on any atom is -0.486 e. The first-order chi connectivity index (χ1) is 11.2. The first-order valence-corrected chi connectivity index (χ1v) is 7.75. The van der Waals surface area contributed by atoms with Crippen LogP contribution in [-0.2, 0) is 16.0 Å². The number of hydrogen-bond acceptors (Lipinski definition) is 4. The van der Waals surface area contributed by atoms with E-state index in [4.69, 9.17) is 4.74 Å². The van der Waals surface area contributed by atoms with Gasteiger partial charge in [-0.15, -0.1) is 0 Å². The fourth-order valence-electron chi connectivity index (χ4n) is 2.33. The summed E-state index contributed by atoms with van der Waals surface area (Å²) < 4.78 is 10.8. The van der Waals surface area contributed by atoms with Crippen LogP contribution in [0.2, 0.25) is 0 Å². The van der Waals surface area contributed by atoms with E-state index >= 15 is 0 Å². The zero-order valence-electron chi connectivity index (χ0n) is 13.6. The van der Waals surface area contributed by atoms with Gasteiger partial charge in [0.1, 0.15) is 11.9 Å². The molecule has 4 heteroatoms. The Kier molecular flexibility index (Phi) is 6.63. The van der Waals surface area contributed by atoms with Gasteiger partial charge in [0.25, 0.3) is 0 Å². The van der Waals surface area contributed by atoms with Crippen LogP contribution >= 0.6 is 0 Å². The Balaban J connectivity index is 2.05. The number of ether oxygens (including phenoxy) is 2. The van der Waals surface area contributed by atoms with Gasteiger partial charge in [-0.05, 0) is 36.9 Å². The van der Waals surface area contributed by atoms with Crippen molar-refractivity contribution in [1.29, 1.82) is 0 Å². The molecule has 0 unspecified atom stereocenters. The van der Waals surface area contributed by atoms with E-state index in [1.165, 1.54) is 7.11 Å². The third kappa shape index (κ3) is 5.42. The van der Waals surface area contributed by atoms with Gasteiger partial charge in [0.2, 0.25) is 0 Å². The van der Waals surface area contributed by atoms with Crippen molar-refractivity contribution in [1.82, 2.24) is 5.32 Å². The van der Waals surface area contributed by atoms with E-state index < -0.39 is 0 Å². The van der Waals surface area contributed by atoms with Gasteiger partial charge < -0.3 is 14.8 Å². The van der Waals surface area contributed by atoms with Crippen LogP contribution in [0.3, 0.4) is 0 Å². The maximum atomic E-state index is 11.3. The monoisotopic (exact) mass is 313 g/mol. The lowest BCUT2D eigenvalue weighted by Gasteiger charge is -2.20. The molecule has 1 N–H and O–H groups in total. The van der Waals surface area contributed by atoms with E-state index in [0.29, 0.717) is 0 Å². The second kappa shape index (κ2) is 8.96. The molecule has 0 saturated heterocycles. The van der Waals surface area contributed by atoms with E-state index in [2.05, 4.69) is 22.2 Å². The lowest BCUT2D eigenvalue weighted by atomic mass is 10.1. The Bertz CT molecular complexity index is 596. The Morgan fingerprint density at radius 3 is 2.39 bits per heavy atom. The maximum absolute atomic E-state index is 11.3. The highest BCUT2D eigenvalue weighted by atomic mass is 16.5. The molecule has 0 aliphatic rings. The predicted octanol–water partition coefficient (Wildman–Crippen LogP) is 3.13. The largest absolute Gasteiger partial charge is 0.486 e. The standard InChI is InChI=1S/C19H23NO3/c1-20-13-12-18(16-6-4-3-5-7-16)23-17-10-8-15(9-11-17)14-19(21)22-2/h3-11,18,20H,12-14H2,1-2H3/t18-/m0/s1. The van der Waals surface area contributed by atoms with Crippen molar-refractivity contribution in [3.05, 3.63) is 65.7 Å². The van der Waals surface area contributed by atoms with Gasteiger partial charge in [-0.2, -0.15) is 0 Å². The van der Waals surface area contributed by atoms with Crippen LogP contribution in [0.5, 0.6) is 5.75 Å². The van der Waals surface area contributed by atoms with Gasteiger partial charge >= 0.3 is 5.97 Å². The summed E-state index contributed by atoms with van der Waals surface area (Å²) in [7, 11) is 3.33. The summed E-state index contributed by atoms with van der Waals surface area (Å²) in [4.78, 5) is 11.3. The number of methoxy groups -OCH3 is 1. The zero-order chi connectivity index (χ0) is 16.5. The lowest BCUT2D eigenvalue weighted by Crippen LogP contribution is -2.16. The van der Waals surface area contributed by atoms with Crippen molar-refractivity contribution in [3.63, 3.8) is 0 Å². The van der Waals surface area contributed by atoms with E-state index in [0.717, 1.165) is 29.8 Å². The topological polar surface area (TPSA) is 47.6 Å². The molecular formula is C19H23NO3. The fourth-order valence-corrected chi connectivity index (χ4v) is 2.33. The normalized spacial score (nSPS) is 11.7. The van der Waals surface area contributed by atoms with Crippen molar-refractivity contribution >= 4 is 5.97 Å². The van der Waals surface area contributed by atoms with Crippen molar-refractivity contribution in [2.45, 2.75) is 18.9 Å². The second-order valence-electron chi connectivity index (χ2n) is 5.31. The molecule has 0 radical (unpaired) electrons. The van der Waals surface area contributed by atoms with E-state index in [1.54, 1.807) is 0 Å². The van der Waals surface area contributed by atoms with Gasteiger partial charge in [-0.25, -0.2) is 0 Å². The minimum atomic E-state index is -0.241. The number of rotatable bonds is 8. The second-order valence-corrected chi connectivity index (χ2v) is 5.31. The molecule has 0 amide bonds. The first-order valence-electron chi connectivity index (χ1n) is 7.75. The molecule has 2 aromatic rings. The number of benzene rings is 2. The van der Waals surface area contributed by atoms with Crippen LogP contribution in [0, 0.1) is 0 Å². The third-order valence-corrected chi connectivity index (χ3v) is 3.61. The Labute approximate surface area is 137 Å². The molecule has 0 aliphatic carbocycles. The van der Waals surface area contributed by atoms with E-state index in [-0.39, 0.29) is 18.5 Å². The highest BCUT2D eigenvalue weighted by Gasteiger charge is 2.13. The summed E-state index contributed by atoms with van der Waals surface area (Å²) in [5.74, 6) is 0.554. The minimum absolute atomic E-state index is 0.00453. The average molecular weight is 313 g/mol. The summed E-state index contributed by atoms with van der Waals surface area (Å²) in [6.07, 6.45) is 1.15. The molecular weight excluding hydrogens is 290 g/mol. The summed E-state index contributed by atoms with van der Waals surface area (Å²) in [6, 6.07) is 17.8. The van der Waals surface area contributed by atoms with Crippen LogP contribution in [0.4, 0.5) is 0 Å². The zero-order valence-corrected chi connectivity index (χ0v) is 13.6. The summed E-state index contributed by atoms with van der Waals surface area (Å²) >= 11 is 0. The van der Waals surface area contributed by atoms with Crippen LogP contribution < -0.4 is 10.1 Å². The maximum Gasteiger partial charge on any atom is 0.309 e. The number of hydrogen-bond donors (Lipinski definition) is 1. The summed E-state index contributed by atoms with van der Waals surface area (Å²) in [5.41, 5.74) is 2.07. The fraction of sp³-hybridized carbons (Fsp3) is 0.316. The Morgan fingerprint density at radius 1 is 1.09 bits per heavy atom. The smallest absolute Gasteiger partial charge is 0.309 e. The molecule has 23 heavy (non-hydrogen) atoms. The number of nitrogens with one attached hydrogen (secondary N) is 1. The molecule has 2 aromatic carbocycles. The van der Waals surface area contributed by atoms with Crippen molar-refractivity contribution in [3.8, 4) is 5.75 Å². The molecule has 0 spiro atoms. The average Bonchev–Trinajstić information content (AvgIpc) is 2.60. The number of carbonyl (C=O) groups excluding carboxylic acids is 1. The van der Waals surface area contributed by atoms with Gasteiger partial charge in [0, 0.05) is 6.42 Å². The molecule has 0 fully saturated rings. The van der Waals surface area contributed by atoms with Crippen LogP contribution in [0.15, 0.2) is 54.6 Å². The molecule has 0 saturated carbocycles.